The number of aliphatic hydroxyl groups is 1. The minimum atomic E-state index is -0.441. The second-order valence-electron chi connectivity index (χ2n) is 3.85. The van der Waals surface area contributed by atoms with E-state index >= 15 is 0 Å². The zero-order chi connectivity index (χ0) is 9.97. The van der Waals surface area contributed by atoms with E-state index in [1.54, 1.807) is 6.20 Å². The summed E-state index contributed by atoms with van der Waals surface area (Å²) in [6, 6.07) is 4.05. The summed E-state index contributed by atoms with van der Waals surface area (Å²) in [6.07, 6.45) is 4.56. The van der Waals surface area contributed by atoms with E-state index in [1.807, 2.05) is 6.07 Å². The summed E-state index contributed by atoms with van der Waals surface area (Å²) in [7, 11) is 0. The lowest BCUT2D eigenvalue weighted by Crippen LogP contribution is -2.30. The normalized spacial score (nSPS) is 22.9. The van der Waals surface area contributed by atoms with Gasteiger partial charge in [-0.15, -0.1) is 0 Å². The molecule has 0 fully saturated rings. The smallest absolute Gasteiger partial charge is 0.0746 e. The highest BCUT2D eigenvalue weighted by Crippen LogP contribution is 2.31. The van der Waals surface area contributed by atoms with E-state index in [0.29, 0.717) is 6.54 Å². The first-order chi connectivity index (χ1) is 6.83. The zero-order valence-corrected chi connectivity index (χ0v) is 8.19. The molecule has 0 aliphatic heterocycles. The maximum atomic E-state index is 9.76. The Bertz CT molecular complexity index is 314. The van der Waals surface area contributed by atoms with Gasteiger partial charge in [-0.25, -0.2) is 0 Å². The number of nitrogens with zero attached hydrogens (tertiary/aromatic N) is 1. The average Bonchev–Trinajstić information content (AvgIpc) is 2.27. The van der Waals surface area contributed by atoms with Crippen molar-refractivity contribution in [2.45, 2.75) is 31.3 Å². The first kappa shape index (κ1) is 9.62. The highest BCUT2D eigenvalue weighted by atomic mass is 16.3. The molecule has 76 valence electrons. The predicted molar refractivity (Wildman–Crippen MR) is 55.0 cm³/mol. The quantitative estimate of drug-likeness (QED) is 0.729. The molecule has 2 rings (SSSR count). The van der Waals surface area contributed by atoms with Crippen LogP contribution in [0.2, 0.25) is 0 Å². The molecule has 0 saturated heterocycles. The van der Waals surface area contributed by atoms with E-state index in [-0.39, 0.29) is 5.92 Å². The number of aryl methyl sites for hydroxylation is 1. The number of fused-ring (bicyclic) bond motifs is 1. The molecule has 0 spiro atoms. The van der Waals surface area contributed by atoms with Crippen LogP contribution < -0.4 is 5.73 Å². The zero-order valence-electron chi connectivity index (χ0n) is 8.19. The first-order valence-corrected chi connectivity index (χ1v) is 5.15. The van der Waals surface area contributed by atoms with Crippen molar-refractivity contribution < 1.29 is 5.11 Å². The number of aromatic nitrogens is 1. The molecule has 0 amide bonds. The van der Waals surface area contributed by atoms with Crippen molar-refractivity contribution in [1.82, 2.24) is 4.98 Å². The molecule has 1 heterocycles. The third-order valence-corrected chi connectivity index (χ3v) is 2.94. The van der Waals surface area contributed by atoms with Crippen molar-refractivity contribution in [2.24, 2.45) is 5.73 Å². The van der Waals surface area contributed by atoms with Crippen LogP contribution in [0, 0.1) is 0 Å². The van der Waals surface area contributed by atoms with Crippen molar-refractivity contribution >= 4 is 0 Å². The lowest BCUT2D eigenvalue weighted by atomic mass is 9.83. The van der Waals surface area contributed by atoms with Crippen LogP contribution in [0.5, 0.6) is 0 Å². The largest absolute Gasteiger partial charge is 0.391 e. The van der Waals surface area contributed by atoms with Gasteiger partial charge >= 0.3 is 0 Å². The minimum Gasteiger partial charge on any atom is -0.391 e. The summed E-state index contributed by atoms with van der Waals surface area (Å²) in [4.78, 5) is 4.35. The van der Waals surface area contributed by atoms with Gasteiger partial charge in [0, 0.05) is 24.4 Å². The van der Waals surface area contributed by atoms with E-state index in [2.05, 4.69) is 11.1 Å². The van der Waals surface area contributed by atoms with Crippen LogP contribution in [0.25, 0.3) is 0 Å². The molecule has 2 unspecified atom stereocenters. The third kappa shape index (κ3) is 1.65. The Kier molecular flexibility index (Phi) is 2.79. The average molecular weight is 192 g/mol. The van der Waals surface area contributed by atoms with Crippen LogP contribution in [0.3, 0.4) is 0 Å². The van der Waals surface area contributed by atoms with Gasteiger partial charge in [0.25, 0.3) is 0 Å². The monoisotopic (exact) mass is 192 g/mol. The predicted octanol–water partition coefficient (Wildman–Crippen LogP) is 0.821. The summed E-state index contributed by atoms with van der Waals surface area (Å²) in [5.41, 5.74) is 7.81. The summed E-state index contributed by atoms with van der Waals surface area (Å²) in [6.45, 7) is 0.320. The lowest BCUT2D eigenvalue weighted by molar-refractivity contribution is 0.140. The van der Waals surface area contributed by atoms with Crippen molar-refractivity contribution in [3.63, 3.8) is 0 Å². The SMILES string of the molecule is NCC(O)C1CCCc2cccnc21. The molecule has 1 aliphatic carbocycles. The molecule has 0 saturated carbocycles. The van der Waals surface area contributed by atoms with Gasteiger partial charge in [0.05, 0.1) is 6.10 Å². The van der Waals surface area contributed by atoms with Crippen LogP contribution in [-0.4, -0.2) is 22.7 Å². The maximum Gasteiger partial charge on any atom is 0.0746 e. The number of hydrogen-bond acceptors (Lipinski definition) is 3. The lowest BCUT2D eigenvalue weighted by Gasteiger charge is -2.27. The molecular formula is C11H16N2O. The fourth-order valence-corrected chi connectivity index (χ4v) is 2.18. The minimum absolute atomic E-state index is 0.143. The van der Waals surface area contributed by atoms with E-state index in [1.165, 1.54) is 5.56 Å². The second kappa shape index (κ2) is 4.07. The maximum absolute atomic E-state index is 9.76. The van der Waals surface area contributed by atoms with Gasteiger partial charge in [0.15, 0.2) is 0 Å². The van der Waals surface area contributed by atoms with Gasteiger partial charge in [0.1, 0.15) is 0 Å². The number of pyridine rings is 1. The molecule has 0 radical (unpaired) electrons. The van der Waals surface area contributed by atoms with Gasteiger partial charge in [-0.2, -0.15) is 0 Å². The van der Waals surface area contributed by atoms with Crippen LogP contribution in [0.15, 0.2) is 18.3 Å². The van der Waals surface area contributed by atoms with Gasteiger partial charge in [-0.05, 0) is 30.9 Å². The van der Waals surface area contributed by atoms with E-state index < -0.39 is 6.10 Å². The molecular weight excluding hydrogens is 176 g/mol. The van der Waals surface area contributed by atoms with Gasteiger partial charge < -0.3 is 10.8 Å². The molecule has 3 nitrogen and oxygen atoms in total. The van der Waals surface area contributed by atoms with Gasteiger partial charge in [-0.3, -0.25) is 4.98 Å². The first-order valence-electron chi connectivity index (χ1n) is 5.15. The third-order valence-electron chi connectivity index (χ3n) is 2.94. The summed E-state index contributed by atoms with van der Waals surface area (Å²) >= 11 is 0. The highest BCUT2D eigenvalue weighted by Gasteiger charge is 2.26. The van der Waals surface area contributed by atoms with Crippen LogP contribution in [0.4, 0.5) is 0 Å². The van der Waals surface area contributed by atoms with E-state index in [9.17, 15) is 5.11 Å². The van der Waals surface area contributed by atoms with Crippen LogP contribution >= 0.6 is 0 Å². The molecule has 2 atom stereocenters. The molecule has 1 aromatic rings. The molecule has 3 N–H and O–H groups in total. The summed E-state index contributed by atoms with van der Waals surface area (Å²) in [5, 5.41) is 9.76. The van der Waals surface area contributed by atoms with Crippen molar-refractivity contribution in [3.8, 4) is 0 Å². The van der Waals surface area contributed by atoms with E-state index in [0.717, 1.165) is 25.0 Å². The molecule has 0 bridgehead atoms. The Labute approximate surface area is 84.0 Å². The summed E-state index contributed by atoms with van der Waals surface area (Å²) in [5.74, 6) is 0.143. The fraction of sp³-hybridized carbons (Fsp3) is 0.545. The van der Waals surface area contributed by atoms with Crippen molar-refractivity contribution in [2.75, 3.05) is 6.54 Å². The second-order valence-corrected chi connectivity index (χ2v) is 3.85. The van der Waals surface area contributed by atoms with Crippen LogP contribution in [-0.2, 0) is 6.42 Å². The standard InChI is InChI=1S/C11H16N2O/c12-7-10(14)9-5-1-3-8-4-2-6-13-11(8)9/h2,4,6,9-10,14H,1,3,5,7,12H2. The molecule has 3 heteroatoms. The van der Waals surface area contributed by atoms with Gasteiger partial charge in [0.2, 0.25) is 0 Å². The Morgan fingerprint density at radius 2 is 2.50 bits per heavy atom. The number of hydrogen-bond donors (Lipinski definition) is 2. The topological polar surface area (TPSA) is 59.1 Å². The Balaban J connectivity index is 2.30. The number of aliphatic hydroxyl groups excluding tert-OH is 1. The fourth-order valence-electron chi connectivity index (χ4n) is 2.18. The Morgan fingerprint density at radius 1 is 1.64 bits per heavy atom. The Hall–Kier alpha value is -0.930. The van der Waals surface area contributed by atoms with Gasteiger partial charge in [-0.1, -0.05) is 6.07 Å². The Morgan fingerprint density at radius 3 is 3.29 bits per heavy atom. The van der Waals surface area contributed by atoms with Crippen molar-refractivity contribution in [3.05, 3.63) is 29.6 Å². The molecule has 1 aromatic heterocycles. The number of nitrogens with two attached hydrogens (primary N) is 1. The number of rotatable bonds is 2. The summed E-state index contributed by atoms with van der Waals surface area (Å²) < 4.78 is 0. The van der Waals surface area contributed by atoms with Crippen LogP contribution in [0.1, 0.15) is 30.0 Å². The molecule has 0 aromatic carbocycles. The highest BCUT2D eigenvalue weighted by molar-refractivity contribution is 5.26. The van der Waals surface area contributed by atoms with E-state index in [4.69, 9.17) is 5.73 Å². The molecule has 1 aliphatic rings. The molecule has 14 heavy (non-hydrogen) atoms. The van der Waals surface area contributed by atoms with Crippen molar-refractivity contribution in [1.29, 1.82) is 0 Å².